The smallest absolute Gasteiger partial charge is 0.255 e. The van der Waals surface area contributed by atoms with Gasteiger partial charge in [0.1, 0.15) is 5.82 Å². The Morgan fingerprint density at radius 2 is 2.22 bits per heavy atom. The van der Waals surface area contributed by atoms with Gasteiger partial charge in [-0.25, -0.2) is 9.97 Å². The van der Waals surface area contributed by atoms with Crippen LogP contribution in [0.3, 0.4) is 0 Å². The van der Waals surface area contributed by atoms with Crippen molar-refractivity contribution in [1.29, 1.82) is 0 Å². The summed E-state index contributed by atoms with van der Waals surface area (Å²) in [5.74, 6) is 0.621. The molecule has 122 valence electrons. The van der Waals surface area contributed by atoms with Gasteiger partial charge < -0.3 is 19.5 Å². The molecule has 1 aliphatic heterocycles. The molecule has 2 aromatic heterocycles. The Hall–Kier alpha value is -2.41. The maximum atomic E-state index is 12.6. The predicted molar refractivity (Wildman–Crippen MR) is 86.4 cm³/mol. The van der Waals surface area contributed by atoms with Crippen molar-refractivity contribution in [2.45, 2.75) is 19.5 Å². The van der Waals surface area contributed by atoms with Gasteiger partial charge in [-0.2, -0.15) is 0 Å². The highest BCUT2D eigenvalue weighted by Gasteiger charge is 2.20. The quantitative estimate of drug-likeness (QED) is 0.889. The molecular weight excluding hydrogens is 294 g/mol. The lowest BCUT2D eigenvalue weighted by Crippen LogP contribution is -2.40. The summed E-state index contributed by atoms with van der Waals surface area (Å²) in [7, 11) is 0. The molecule has 0 saturated carbocycles. The van der Waals surface area contributed by atoms with Crippen LogP contribution in [0, 0.1) is 0 Å². The van der Waals surface area contributed by atoms with Crippen LogP contribution in [0.4, 0.5) is 5.82 Å². The number of ether oxygens (including phenoxy) is 1. The number of rotatable bonds is 5. The van der Waals surface area contributed by atoms with Crippen molar-refractivity contribution >= 4 is 11.7 Å². The second-order valence-electron chi connectivity index (χ2n) is 5.61. The van der Waals surface area contributed by atoms with E-state index in [0.717, 1.165) is 18.9 Å². The molecule has 0 aliphatic carbocycles. The number of imidazole rings is 1. The van der Waals surface area contributed by atoms with Gasteiger partial charge in [0.25, 0.3) is 5.91 Å². The summed E-state index contributed by atoms with van der Waals surface area (Å²) in [6.07, 6.45) is 7.07. The zero-order chi connectivity index (χ0) is 16.1. The maximum Gasteiger partial charge on any atom is 0.255 e. The molecule has 3 heterocycles. The van der Waals surface area contributed by atoms with Crippen molar-refractivity contribution in [2.75, 3.05) is 31.2 Å². The molecule has 2 aromatic rings. The first-order valence-electron chi connectivity index (χ1n) is 7.78. The Bertz CT molecular complexity index is 638. The van der Waals surface area contributed by atoms with E-state index in [1.165, 1.54) is 0 Å². The van der Waals surface area contributed by atoms with Gasteiger partial charge in [0, 0.05) is 44.3 Å². The van der Waals surface area contributed by atoms with Crippen molar-refractivity contribution in [2.24, 2.45) is 0 Å². The average molecular weight is 315 g/mol. The van der Waals surface area contributed by atoms with E-state index in [1.807, 2.05) is 23.8 Å². The fourth-order valence-electron chi connectivity index (χ4n) is 2.66. The highest BCUT2D eigenvalue weighted by Crippen LogP contribution is 2.18. The van der Waals surface area contributed by atoms with Crippen molar-refractivity contribution in [3.63, 3.8) is 0 Å². The standard InChI is InChI=1S/C16H21N5O2/c1-13(11-20-6-5-17-12-20)19-16(22)14-3-2-4-18-15(14)21-7-9-23-10-8-21/h2-6,12-13H,7-11H2,1H3,(H,19,22). The van der Waals surface area contributed by atoms with Crippen LogP contribution in [0.2, 0.25) is 0 Å². The second-order valence-corrected chi connectivity index (χ2v) is 5.61. The highest BCUT2D eigenvalue weighted by molar-refractivity contribution is 5.99. The third-order valence-corrected chi connectivity index (χ3v) is 3.76. The van der Waals surface area contributed by atoms with Crippen molar-refractivity contribution < 1.29 is 9.53 Å². The first-order valence-corrected chi connectivity index (χ1v) is 7.78. The van der Waals surface area contributed by atoms with E-state index < -0.39 is 0 Å². The lowest BCUT2D eigenvalue weighted by molar-refractivity contribution is 0.0935. The third-order valence-electron chi connectivity index (χ3n) is 3.76. The van der Waals surface area contributed by atoms with Crippen LogP contribution in [-0.2, 0) is 11.3 Å². The fourth-order valence-corrected chi connectivity index (χ4v) is 2.66. The Kier molecular flexibility index (Phi) is 4.87. The summed E-state index contributed by atoms with van der Waals surface area (Å²) in [6.45, 7) is 5.48. The molecule has 0 bridgehead atoms. The molecule has 1 atom stereocenters. The van der Waals surface area contributed by atoms with Gasteiger partial charge in [-0.15, -0.1) is 0 Å². The minimum Gasteiger partial charge on any atom is -0.378 e. The molecule has 0 aromatic carbocycles. The molecule has 23 heavy (non-hydrogen) atoms. The van der Waals surface area contributed by atoms with E-state index in [-0.39, 0.29) is 11.9 Å². The SMILES string of the molecule is CC(Cn1ccnc1)NC(=O)c1cccnc1N1CCOCC1. The molecule has 1 saturated heterocycles. The molecule has 1 amide bonds. The van der Waals surface area contributed by atoms with Crippen LogP contribution in [0.15, 0.2) is 37.1 Å². The first kappa shape index (κ1) is 15.5. The fraction of sp³-hybridized carbons (Fsp3) is 0.438. The molecule has 1 aliphatic rings. The van der Waals surface area contributed by atoms with E-state index in [0.29, 0.717) is 25.3 Å². The summed E-state index contributed by atoms with van der Waals surface area (Å²) in [5.41, 5.74) is 0.604. The number of amides is 1. The van der Waals surface area contributed by atoms with Gasteiger partial charge >= 0.3 is 0 Å². The molecule has 7 heteroatoms. The highest BCUT2D eigenvalue weighted by atomic mass is 16.5. The molecule has 1 fully saturated rings. The number of aromatic nitrogens is 3. The number of hydrogen-bond donors (Lipinski definition) is 1. The van der Waals surface area contributed by atoms with Gasteiger partial charge in [-0.05, 0) is 19.1 Å². The van der Waals surface area contributed by atoms with Crippen molar-refractivity contribution in [3.8, 4) is 0 Å². The van der Waals surface area contributed by atoms with Gasteiger partial charge in [0.2, 0.25) is 0 Å². The molecule has 7 nitrogen and oxygen atoms in total. The van der Waals surface area contributed by atoms with Gasteiger partial charge in [-0.1, -0.05) is 0 Å². The summed E-state index contributed by atoms with van der Waals surface area (Å²) in [4.78, 5) is 23.1. The first-order chi connectivity index (χ1) is 11.2. The summed E-state index contributed by atoms with van der Waals surface area (Å²) in [6, 6.07) is 3.60. The van der Waals surface area contributed by atoms with Gasteiger partial charge in [-0.3, -0.25) is 4.79 Å². The summed E-state index contributed by atoms with van der Waals surface area (Å²) >= 11 is 0. The largest absolute Gasteiger partial charge is 0.378 e. The number of nitrogens with zero attached hydrogens (tertiary/aromatic N) is 4. The minimum atomic E-state index is -0.104. The Morgan fingerprint density at radius 1 is 1.39 bits per heavy atom. The normalized spacial score (nSPS) is 16.1. The second kappa shape index (κ2) is 7.23. The number of hydrogen-bond acceptors (Lipinski definition) is 5. The average Bonchev–Trinajstić information content (AvgIpc) is 3.08. The number of carbonyl (C=O) groups excluding carboxylic acids is 1. The zero-order valence-electron chi connectivity index (χ0n) is 13.2. The topological polar surface area (TPSA) is 72.3 Å². The minimum absolute atomic E-state index is 0.00514. The Labute approximate surface area is 135 Å². The number of nitrogens with one attached hydrogen (secondary N) is 1. The van der Waals surface area contributed by atoms with Crippen molar-refractivity contribution in [3.05, 3.63) is 42.6 Å². The molecule has 1 unspecified atom stereocenters. The van der Waals surface area contributed by atoms with Crippen LogP contribution >= 0.6 is 0 Å². The summed E-state index contributed by atoms with van der Waals surface area (Å²) < 4.78 is 7.31. The number of pyridine rings is 1. The molecule has 1 N–H and O–H groups in total. The monoisotopic (exact) mass is 315 g/mol. The summed E-state index contributed by atoms with van der Waals surface area (Å²) in [5, 5.41) is 3.03. The molecule has 0 radical (unpaired) electrons. The van der Waals surface area contributed by atoms with Crippen LogP contribution in [0.1, 0.15) is 17.3 Å². The van der Waals surface area contributed by atoms with Crippen molar-refractivity contribution in [1.82, 2.24) is 19.9 Å². The van der Waals surface area contributed by atoms with E-state index in [9.17, 15) is 4.79 Å². The Balaban J connectivity index is 1.69. The lowest BCUT2D eigenvalue weighted by Gasteiger charge is -2.29. The Morgan fingerprint density at radius 3 is 2.96 bits per heavy atom. The molecule has 0 spiro atoms. The number of morpholine rings is 1. The van der Waals surface area contributed by atoms with Crippen LogP contribution in [-0.4, -0.2) is 52.8 Å². The molecule has 3 rings (SSSR count). The number of anilines is 1. The van der Waals surface area contributed by atoms with Gasteiger partial charge in [0.05, 0.1) is 25.1 Å². The zero-order valence-corrected chi connectivity index (χ0v) is 13.2. The van der Waals surface area contributed by atoms with E-state index >= 15 is 0 Å². The van der Waals surface area contributed by atoms with Gasteiger partial charge in [0.15, 0.2) is 0 Å². The van der Waals surface area contributed by atoms with E-state index in [1.54, 1.807) is 24.8 Å². The van der Waals surface area contributed by atoms with E-state index in [4.69, 9.17) is 4.74 Å². The lowest BCUT2D eigenvalue weighted by atomic mass is 10.2. The van der Waals surface area contributed by atoms with Crippen LogP contribution in [0.5, 0.6) is 0 Å². The van der Waals surface area contributed by atoms with Crippen LogP contribution in [0.25, 0.3) is 0 Å². The van der Waals surface area contributed by atoms with Crippen LogP contribution < -0.4 is 10.2 Å². The predicted octanol–water partition coefficient (Wildman–Crippen LogP) is 0.933. The maximum absolute atomic E-state index is 12.6. The third kappa shape index (κ3) is 3.87. The number of carbonyl (C=O) groups is 1. The molecular formula is C16H21N5O2. The van der Waals surface area contributed by atoms with E-state index in [2.05, 4.69) is 20.2 Å².